The lowest BCUT2D eigenvalue weighted by Crippen LogP contribution is -2.49. The third kappa shape index (κ3) is 2.55. The Balaban J connectivity index is 1.47. The van der Waals surface area contributed by atoms with Gasteiger partial charge in [-0.1, -0.05) is 12.8 Å². The summed E-state index contributed by atoms with van der Waals surface area (Å²) < 4.78 is 0. The summed E-state index contributed by atoms with van der Waals surface area (Å²) in [5, 5.41) is 9.13. The zero-order chi connectivity index (χ0) is 15.2. The highest BCUT2D eigenvalue weighted by atomic mass is 16.2. The van der Waals surface area contributed by atoms with Crippen LogP contribution in [0.5, 0.6) is 0 Å². The zero-order valence-corrected chi connectivity index (χ0v) is 13.6. The van der Waals surface area contributed by atoms with Gasteiger partial charge in [-0.15, -0.1) is 0 Å². The first-order valence-electron chi connectivity index (χ1n) is 9.34. The zero-order valence-electron chi connectivity index (χ0n) is 13.6. The standard InChI is InChI=1S/C19H28N2O/c20-5-6-21(17-3-1-2-4-17)18(22)13-19-10-14-7-15(11-19)9-16(8-14)12-19/h14-17H,1-4,6-13H2. The van der Waals surface area contributed by atoms with Crippen LogP contribution >= 0.6 is 0 Å². The van der Waals surface area contributed by atoms with Gasteiger partial charge in [0.05, 0.1) is 6.07 Å². The highest BCUT2D eigenvalue weighted by Crippen LogP contribution is 2.61. The van der Waals surface area contributed by atoms with E-state index in [0.29, 0.717) is 18.0 Å². The number of amides is 1. The molecule has 3 nitrogen and oxygen atoms in total. The van der Waals surface area contributed by atoms with Crippen LogP contribution in [0.15, 0.2) is 0 Å². The van der Waals surface area contributed by atoms with Crippen molar-refractivity contribution in [3.8, 4) is 6.07 Å². The van der Waals surface area contributed by atoms with Crippen LogP contribution in [0.3, 0.4) is 0 Å². The summed E-state index contributed by atoms with van der Waals surface area (Å²) in [4.78, 5) is 14.9. The second-order valence-electron chi connectivity index (χ2n) is 8.71. The minimum Gasteiger partial charge on any atom is -0.326 e. The fourth-order valence-corrected chi connectivity index (χ4v) is 6.64. The molecule has 120 valence electrons. The van der Waals surface area contributed by atoms with Crippen LogP contribution in [0.1, 0.15) is 70.6 Å². The molecule has 5 aliphatic rings. The van der Waals surface area contributed by atoms with Gasteiger partial charge in [0.15, 0.2) is 0 Å². The van der Waals surface area contributed by atoms with Gasteiger partial charge < -0.3 is 4.90 Å². The van der Waals surface area contributed by atoms with E-state index in [9.17, 15) is 4.79 Å². The Morgan fingerprint density at radius 2 is 1.59 bits per heavy atom. The molecule has 0 aromatic rings. The molecule has 0 saturated heterocycles. The highest BCUT2D eigenvalue weighted by molar-refractivity contribution is 5.77. The minimum atomic E-state index is 0.287. The van der Waals surface area contributed by atoms with Crippen LogP contribution in [0.4, 0.5) is 0 Å². The number of hydrogen-bond donors (Lipinski definition) is 0. The van der Waals surface area contributed by atoms with Crippen LogP contribution in [0, 0.1) is 34.5 Å². The van der Waals surface area contributed by atoms with Crippen LogP contribution in [0.25, 0.3) is 0 Å². The van der Waals surface area contributed by atoms with Gasteiger partial charge in [-0.25, -0.2) is 0 Å². The number of carbonyl (C=O) groups excluding carboxylic acids is 1. The van der Waals surface area contributed by atoms with Gasteiger partial charge in [0, 0.05) is 12.5 Å². The molecule has 0 atom stereocenters. The van der Waals surface area contributed by atoms with E-state index < -0.39 is 0 Å². The predicted molar refractivity (Wildman–Crippen MR) is 84.8 cm³/mol. The predicted octanol–water partition coefficient (Wildman–Crippen LogP) is 3.89. The Bertz CT molecular complexity index is 451. The highest BCUT2D eigenvalue weighted by Gasteiger charge is 2.51. The number of carbonyl (C=O) groups is 1. The molecule has 22 heavy (non-hydrogen) atoms. The van der Waals surface area contributed by atoms with Crippen LogP contribution in [0.2, 0.25) is 0 Å². The van der Waals surface area contributed by atoms with Crippen LogP contribution < -0.4 is 0 Å². The van der Waals surface area contributed by atoms with Crippen molar-refractivity contribution in [2.75, 3.05) is 6.54 Å². The molecule has 0 aliphatic heterocycles. The van der Waals surface area contributed by atoms with Gasteiger partial charge >= 0.3 is 0 Å². The molecule has 0 aromatic carbocycles. The largest absolute Gasteiger partial charge is 0.326 e. The van der Waals surface area contributed by atoms with Crippen molar-refractivity contribution >= 4 is 5.91 Å². The molecule has 0 unspecified atom stereocenters. The van der Waals surface area contributed by atoms with Crippen molar-refractivity contribution in [2.24, 2.45) is 23.2 Å². The number of rotatable bonds is 4. The van der Waals surface area contributed by atoms with E-state index >= 15 is 0 Å². The van der Waals surface area contributed by atoms with E-state index in [-0.39, 0.29) is 5.91 Å². The fraction of sp³-hybridized carbons (Fsp3) is 0.895. The molecular formula is C19H28N2O. The summed E-state index contributed by atoms with van der Waals surface area (Å²) in [7, 11) is 0. The smallest absolute Gasteiger partial charge is 0.224 e. The number of hydrogen-bond acceptors (Lipinski definition) is 2. The lowest BCUT2D eigenvalue weighted by atomic mass is 9.49. The van der Waals surface area contributed by atoms with Gasteiger partial charge in [0.25, 0.3) is 0 Å². The summed E-state index contributed by atoms with van der Waals surface area (Å²) in [6.45, 7) is 0.301. The molecule has 4 bridgehead atoms. The van der Waals surface area contributed by atoms with Crippen molar-refractivity contribution in [1.82, 2.24) is 4.90 Å². The molecule has 5 fully saturated rings. The van der Waals surface area contributed by atoms with Crippen molar-refractivity contribution in [3.63, 3.8) is 0 Å². The van der Waals surface area contributed by atoms with Crippen LogP contribution in [-0.2, 0) is 4.79 Å². The maximum Gasteiger partial charge on any atom is 0.224 e. The van der Waals surface area contributed by atoms with Gasteiger partial charge in [-0.2, -0.15) is 5.26 Å². The Hall–Kier alpha value is -1.04. The maximum absolute atomic E-state index is 13.0. The first-order chi connectivity index (χ1) is 10.7. The molecule has 0 radical (unpaired) electrons. The van der Waals surface area contributed by atoms with Gasteiger partial charge in [0.2, 0.25) is 5.91 Å². The van der Waals surface area contributed by atoms with Gasteiger partial charge in [0.1, 0.15) is 6.54 Å². The van der Waals surface area contributed by atoms with Gasteiger partial charge in [-0.3, -0.25) is 4.79 Å². The number of nitriles is 1. The quantitative estimate of drug-likeness (QED) is 0.739. The summed E-state index contributed by atoms with van der Waals surface area (Å²) in [6.07, 6.45) is 13.5. The Kier molecular flexibility index (Phi) is 3.67. The molecule has 0 aromatic heterocycles. The average Bonchev–Trinajstić information content (AvgIpc) is 2.96. The first kappa shape index (κ1) is 14.5. The first-order valence-corrected chi connectivity index (χ1v) is 9.34. The second-order valence-corrected chi connectivity index (χ2v) is 8.71. The second kappa shape index (κ2) is 5.55. The van der Waals surface area contributed by atoms with Crippen molar-refractivity contribution in [2.45, 2.75) is 76.7 Å². The monoisotopic (exact) mass is 300 g/mol. The van der Waals surface area contributed by atoms with E-state index in [0.717, 1.165) is 37.0 Å². The lowest BCUT2D eigenvalue weighted by Gasteiger charge is -2.57. The minimum absolute atomic E-state index is 0.287. The van der Waals surface area contributed by atoms with E-state index in [1.807, 2.05) is 4.90 Å². The van der Waals surface area contributed by atoms with E-state index in [1.165, 1.54) is 51.4 Å². The SMILES string of the molecule is N#CCN(C(=O)CC12CC3CC(CC(C3)C1)C2)C1CCCC1. The van der Waals surface area contributed by atoms with Gasteiger partial charge in [-0.05, 0) is 74.5 Å². The third-order valence-electron chi connectivity index (χ3n) is 7.02. The van der Waals surface area contributed by atoms with Crippen molar-refractivity contribution in [1.29, 1.82) is 5.26 Å². The molecule has 5 aliphatic carbocycles. The summed E-state index contributed by atoms with van der Waals surface area (Å²) in [5.41, 5.74) is 0.304. The maximum atomic E-state index is 13.0. The Morgan fingerprint density at radius 1 is 1.05 bits per heavy atom. The molecule has 0 heterocycles. The summed E-state index contributed by atoms with van der Waals surface area (Å²) >= 11 is 0. The molecular weight excluding hydrogens is 272 g/mol. The average molecular weight is 300 g/mol. The number of nitrogens with zero attached hydrogens (tertiary/aromatic N) is 2. The molecule has 5 rings (SSSR count). The van der Waals surface area contributed by atoms with Crippen molar-refractivity contribution in [3.05, 3.63) is 0 Å². The fourth-order valence-electron chi connectivity index (χ4n) is 6.64. The Morgan fingerprint density at radius 3 is 2.09 bits per heavy atom. The van der Waals surface area contributed by atoms with Crippen molar-refractivity contribution < 1.29 is 4.79 Å². The third-order valence-corrected chi connectivity index (χ3v) is 7.02. The van der Waals surface area contributed by atoms with E-state index in [4.69, 9.17) is 5.26 Å². The van der Waals surface area contributed by atoms with E-state index in [2.05, 4.69) is 6.07 Å². The molecule has 1 amide bonds. The normalized spacial score (nSPS) is 39.9. The molecule has 0 N–H and O–H groups in total. The summed E-state index contributed by atoms with van der Waals surface area (Å²) in [5.74, 6) is 2.98. The van der Waals surface area contributed by atoms with E-state index in [1.54, 1.807) is 0 Å². The topological polar surface area (TPSA) is 44.1 Å². The molecule has 3 heteroatoms. The lowest BCUT2D eigenvalue weighted by molar-refractivity contribution is -0.141. The molecule has 5 saturated carbocycles. The summed E-state index contributed by atoms with van der Waals surface area (Å²) in [6, 6.07) is 2.59. The van der Waals surface area contributed by atoms with Crippen LogP contribution in [-0.4, -0.2) is 23.4 Å². The Labute approximate surface area is 134 Å². The molecule has 0 spiro atoms.